The Kier molecular flexibility index (Phi) is 2.07. The fourth-order valence-electron chi connectivity index (χ4n) is 1.60. The summed E-state index contributed by atoms with van der Waals surface area (Å²) in [4.78, 5) is 21.0. The standard InChI is InChI=1S/C10H10N2OS/c1-5-8(4-13)14-10-9(5)6(2)11-7(3)12-10/h4H,1-3H3. The molecule has 0 N–H and O–H groups in total. The second kappa shape index (κ2) is 3.13. The Morgan fingerprint density at radius 2 is 1.93 bits per heavy atom. The van der Waals surface area contributed by atoms with Crippen LogP contribution in [0, 0.1) is 20.8 Å². The van der Waals surface area contributed by atoms with Gasteiger partial charge in [-0.25, -0.2) is 9.97 Å². The van der Waals surface area contributed by atoms with Crippen LogP contribution in [-0.4, -0.2) is 16.3 Å². The zero-order valence-corrected chi connectivity index (χ0v) is 9.10. The minimum Gasteiger partial charge on any atom is -0.297 e. The van der Waals surface area contributed by atoms with Crippen LogP contribution in [0.25, 0.3) is 10.2 Å². The largest absolute Gasteiger partial charge is 0.297 e. The van der Waals surface area contributed by atoms with Gasteiger partial charge in [-0.1, -0.05) is 0 Å². The van der Waals surface area contributed by atoms with Gasteiger partial charge < -0.3 is 0 Å². The number of aldehydes is 1. The predicted octanol–water partition coefficient (Wildman–Crippen LogP) is 2.43. The lowest BCUT2D eigenvalue weighted by atomic mass is 10.2. The van der Waals surface area contributed by atoms with Crippen molar-refractivity contribution in [2.75, 3.05) is 0 Å². The lowest BCUT2D eigenvalue weighted by Gasteiger charge is -1.97. The minimum absolute atomic E-state index is 0.753. The van der Waals surface area contributed by atoms with Gasteiger partial charge in [-0.2, -0.15) is 0 Å². The van der Waals surface area contributed by atoms with Crippen LogP contribution < -0.4 is 0 Å². The Balaban J connectivity index is 2.92. The highest BCUT2D eigenvalue weighted by atomic mass is 32.1. The van der Waals surface area contributed by atoms with E-state index in [-0.39, 0.29) is 0 Å². The molecule has 3 nitrogen and oxygen atoms in total. The third-order valence-corrected chi connectivity index (χ3v) is 3.34. The maximum atomic E-state index is 10.8. The molecule has 2 rings (SSSR count). The molecule has 4 heteroatoms. The summed E-state index contributed by atoms with van der Waals surface area (Å²) < 4.78 is 0. The van der Waals surface area contributed by atoms with Gasteiger partial charge in [0.25, 0.3) is 0 Å². The van der Waals surface area contributed by atoms with E-state index in [9.17, 15) is 4.79 Å². The molecular weight excluding hydrogens is 196 g/mol. The summed E-state index contributed by atoms with van der Waals surface area (Å²) in [5.41, 5.74) is 1.95. The summed E-state index contributed by atoms with van der Waals surface area (Å²) in [5.74, 6) is 0.758. The lowest BCUT2D eigenvalue weighted by Crippen LogP contribution is -1.91. The maximum Gasteiger partial charge on any atom is 0.160 e. The van der Waals surface area contributed by atoms with Gasteiger partial charge in [0, 0.05) is 11.1 Å². The van der Waals surface area contributed by atoms with Gasteiger partial charge in [0.05, 0.1) is 4.88 Å². The highest BCUT2D eigenvalue weighted by Gasteiger charge is 2.12. The number of carbonyl (C=O) groups is 1. The highest BCUT2D eigenvalue weighted by Crippen LogP contribution is 2.29. The smallest absolute Gasteiger partial charge is 0.160 e. The number of carbonyl (C=O) groups excluding carboxylic acids is 1. The van der Waals surface area contributed by atoms with Crippen molar-refractivity contribution in [2.24, 2.45) is 0 Å². The molecule has 0 saturated carbocycles. The van der Waals surface area contributed by atoms with Crippen LogP contribution in [0.5, 0.6) is 0 Å². The number of aryl methyl sites for hydroxylation is 3. The maximum absolute atomic E-state index is 10.8. The van der Waals surface area contributed by atoms with Gasteiger partial charge in [0.1, 0.15) is 10.7 Å². The second-order valence-corrected chi connectivity index (χ2v) is 4.28. The van der Waals surface area contributed by atoms with Gasteiger partial charge in [0.15, 0.2) is 6.29 Å². The lowest BCUT2D eigenvalue weighted by molar-refractivity contribution is 0.112. The van der Waals surface area contributed by atoms with Gasteiger partial charge in [-0.3, -0.25) is 4.79 Å². The zero-order chi connectivity index (χ0) is 10.3. The van der Waals surface area contributed by atoms with Crippen molar-refractivity contribution in [3.63, 3.8) is 0 Å². The first kappa shape index (κ1) is 9.27. The monoisotopic (exact) mass is 206 g/mol. The van der Waals surface area contributed by atoms with Gasteiger partial charge in [-0.05, 0) is 26.3 Å². The Labute approximate surface area is 85.8 Å². The summed E-state index contributed by atoms with van der Waals surface area (Å²) in [6.45, 7) is 5.75. The average molecular weight is 206 g/mol. The summed E-state index contributed by atoms with van der Waals surface area (Å²) in [6, 6.07) is 0. The number of hydrogen-bond donors (Lipinski definition) is 0. The van der Waals surface area contributed by atoms with E-state index < -0.39 is 0 Å². The molecule has 0 saturated heterocycles. The second-order valence-electron chi connectivity index (χ2n) is 3.25. The van der Waals surface area contributed by atoms with Crippen LogP contribution in [0.4, 0.5) is 0 Å². The molecule has 0 aliphatic heterocycles. The summed E-state index contributed by atoms with van der Waals surface area (Å²) in [6.07, 6.45) is 0.885. The first-order valence-corrected chi connectivity index (χ1v) is 5.14. The number of aromatic nitrogens is 2. The van der Waals surface area contributed by atoms with Crippen LogP contribution in [0.3, 0.4) is 0 Å². The summed E-state index contributed by atoms with van der Waals surface area (Å²) in [5, 5.41) is 1.03. The van der Waals surface area contributed by atoms with E-state index in [1.54, 1.807) is 0 Å². The molecule has 0 fully saturated rings. The van der Waals surface area contributed by atoms with Crippen molar-refractivity contribution in [1.82, 2.24) is 9.97 Å². The average Bonchev–Trinajstić information content (AvgIpc) is 2.42. The first-order valence-electron chi connectivity index (χ1n) is 4.33. The number of hydrogen-bond acceptors (Lipinski definition) is 4. The highest BCUT2D eigenvalue weighted by molar-refractivity contribution is 7.20. The Morgan fingerprint density at radius 3 is 2.57 bits per heavy atom. The number of nitrogens with zero attached hydrogens (tertiary/aromatic N) is 2. The summed E-state index contributed by atoms with van der Waals surface area (Å²) >= 11 is 1.43. The number of rotatable bonds is 1. The topological polar surface area (TPSA) is 42.9 Å². The van der Waals surface area contributed by atoms with Crippen molar-refractivity contribution in [3.05, 3.63) is 22.0 Å². The van der Waals surface area contributed by atoms with Crippen LogP contribution in [0.15, 0.2) is 0 Å². The van der Waals surface area contributed by atoms with Crippen molar-refractivity contribution in [1.29, 1.82) is 0 Å². The molecule has 0 atom stereocenters. The van der Waals surface area contributed by atoms with Crippen LogP contribution in [0.1, 0.15) is 26.8 Å². The fraction of sp³-hybridized carbons (Fsp3) is 0.300. The van der Waals surface area contributed by atoms with E-state index in [0.29, 0.717) is 0 Å². The molecular formula is C10H10N2OS. The molecule has 2 heterocycles. The fourth-order valence-corrected chi connectivity index (χ4v) is 2.70. The molecule has 14 heavy (non-hydrogen) atoms. The van der Waals surface area contributed by atoms with E-state index in [1.165, 1.54) is 11.3 Å². The van der Waals surface area contributed by atoms with Crippen LogP contribution >= 0.6 is 11.3 Å². The van der Waals surface area contributed by atoms with Gasteiger partial charge in [0.2, 0.25) is 0 Å². The molecule has 72 valence electrons. The molecule has 2 aromatic heterocycles. The first-order chi connectivity index (χ1) is 6.63. The van der Waals surface area contributed by atoms with E-state index in [2.05, 4.69) is 9.97 Å². The Hall–Kier alpha value is -1.29. The van der Waals surface area contributed by atoms with Gasteiger partial charge >= 0.3 is 0 Å². The molecule has 0 aliphatic carbocycles. The molecule has 2 aromatic rings. The third-order valence-electron chi connectivity index (χ3n) is 2.23. The normalized spacial score (nSPS) is 10.8. The minimum atomic E-state index is 0.753. The summed E-state index contributed by atoms with van der Waals surface area (Å²) in [7, 11) is 0. The quantitative estimate of drug-likeness (QED) is 0.673. The van der Waals surface area contributed by atoms with Gasteiger partial charge in [-0.15, -0.1) is 11.3 Å². The van der Waals surface area contributed by atoms with E-state index in [1.807, 2.05) is 20.8 Å². The predicted molar refractivity (Wildman–Crippen MR) is 57.0 cm³/mol. The van der Waals surface area contributed by atoms with Crippen molar-refractivity contribution in [3.8, 4) is 0 Å². The molecule has 0 radical (unpaired) electrons. The Bertz CT molecular complexity index is 516. The molecule has 0 spiro atoms. The van der Waals surface area contributed by atoms with Crippen molar-refractivity contribution in [2.45, 2.75) is 20.8 Å². The van der Waals surface area contributed by atoms with Crippen LogP contribution in [-0.2, 0) is 0 Å². The number of fused-ring (bicyclic) bond motifs is 1. The number of thiophene rings is 1. The van der Waals surface area contributed by atoms with Crippen molar-refractivity contribution < 1.29 is 4.79 Å². The van der Waals surface area contributed by atoms with Crippen molar-refractivity contribution >= 4 is 27.8 Å². The molecule has 0 aromatic carbocycles. The van der Waals surface area contributed by atoms with Crippen LogP contribution in [0.2, 0.25) is 0 Å². The third kappa shape index (κ3) is 1.23. The molecule has 0 amide bonds. The molecule has 0 aliphatic rings. The Morgan fingerprint density at radius 1 is 1.21 bits per heavy atom. The van der Waals surface area contributed by atoms with E-state index in [0.717, 1.165) is 38.5 Å². The molecule has 0 bridgehead atoms. The molecule has 0 unspecified atom stereocenters. The zero-order valence-electron chi connectivity index (χ0n) is 8.29. The SMILES string of the molecule is Cc1nc(C)c2c(C)c(C=O)sc2n1. The van der Waals surface area contributed by atoms with E-state index in [4.69, 9.17) is 0 Å². The van der Waals surface area contributed by atoms with E-state index >= 15 is 0 Å².